The standard InChI is InChI=1S/C17H14ClF3N4O/c18-12-5-3-11(4-6-12)10-14(26)22-8-9-25-15-13(2-1-7-23-15)24-16(25)17(19,20)21/h1-7H,8-10H2,(H,22,26). The molecule has 2 aromatic heterocycles. The monoisotopic (exact) mass is 382 g/mol. The van der Waals surface area contributed by atoms with Crippen LogP contribution < -0.4 is 5.32 Å². The van der Waals surface area contributed by atoms with Gasteiger partial charge in [-0.3, -0.25) is 4.79 Å². The van der Waals surface area contributed by atoms with Gasteiger partial charge in [0.1, 0.15) is 5.52 Å². The zero-order chi connectivity index (χ0) is 18.7. The van der Waals surface area contributed by atoms with Crippen LogP contribution in [0.4, 0.5) is 13.2 Å². The van der Waals surface area contributed by atoms with Gasteiger partial charge in [0.15, 0.2) is 5.65 Å². The Morgan fingerprint density at radius 1 is 1.19 bits per heavy atom. The summed E-state index contributed by atoms with van der Waals surface area (Å²) in [5.74, 6) is -1.32. The average molecular weight is 383 g/mol. The normalized spacial score (nSPS) is 11.7. The first kappa shape index (κ1) is 18.2. The molecule has 26 heavy (non-hydrogen) atoms. The smallest absolute Gasteiger partial charge is 0.354 e. The summed E-state index contributed by atoms with van der Waals surface area (Å²) in [6, 6.07) is 9.76. The molecule has 0 fully saturated rings. The molecule has 1 amide bonds. The van der Waals surface area contributed by atoms with Crippen LogP contribution in [0.5, 0.6) is 0 Å². The molecule has 0 saturated carbocycles. The second-order valence-electron chi connectivity index (χ2n) is 5.58. The van der Waals surface area contributed by atoms with Crippen LogP contribution in [-0.4, -0.2) is 27.0 Å². The Morgan fingerprint density at radius 2 is 1.92 bits per heavy atom. The van der Waals surface area contributed by atoms with Crippen LogP contribution in [0.3, 0.4) is 0 Å². The molecule has 0 aliphatic carbocycles. The third-order valence-corrected chi connectivity index (χ3v) is 3.94. The van der Waals surface area contributed by atoms with Gasteiger partial charge >= 0.3 is 6.18 Å². The lowest BCUT2D eigenvalue weighted by atomic mass is 10.1. The summed E-state index contributed by atoms with van der Waals surface area (Å²) >= 11 is 5.78. The maximum Gasteiger partial charge on any atom is 0.449 e. The fraction of sp³-hybridized carbons (Fsp3) is 0.235. The van der Waals surface area contributed by atoms with Crippen LogP contribution in [0.15, 0.2) is 42.6 Å². The van der Waals surface area contributed by atoms with Crippen LogP contribution in [-0.2, 0) is 23.9 Å². The van der Waals surface area contributed by atoms with E-state index in [1.165, 1.54) is 18.3 Å². The molecule has 0 aliphatic heterocycles. The van der Waals surface area contributed by atoms with Gasteiger partial charge in [-0.25, -0.2) is 9.97 Å². The molecule has 0 unspecified atom stereocenters. The molecule has 1 N–H and O–H groups in total. The van der Waals surface area contributed by atoms with Gasteiger partial charge < -0.3 is 9.88 Å². The number of amides is 1. The van der Waals surface area contributed by atoms with E-state index in [1.54, 1.807) is 24.3 Å². The number of carbonyl (C=O) groups is 1. The summed E-state index contributed by atoms with van der Waals surface area (Å²) < 4.78 is 40.5. The van der Waals surface area contributed by atoms with E-state index in [0.717, 1.165) is 10.1 Å². The number of imidazole rings is 1. The summed E-state index contributed by atoms with van der Waals surface area (Å²) in [5.41, 5.74) is 1.05. The minimum Gasteiger partial charge on any atom is -0.354 e. The lowest BCUT2D eigenvalue weighted by Gasteiger charge is -2.11. The Labute approximate surface area is 151 Å². The third kappa shape index (κ3) is 4.13. The Balaban J connectivity index is 1.67. The largest absolute Gasteiger partial charge is 0.449 e. The van der Waals surface area contributed by atoms with Crippen LogP contribution in [0.1, 0.15) is 11.4 Å². The van der Waals surface area contributed by atoms with Crippen molar-refractivity contribution in [3.63, 3.8) is 0 Å². The van der Waals surface area contributed by atoms with Crippen molar-refractivity contribution in [3.05, 3.63) is 59.0 Å². The molecular formula is C17H14ClF3N4O. The number of fused-ring (bicyclic) bond motifs is 1. The van der Waals surface area contributed by atoms with Crippen LogP contribution >= 0.6 is 11.6 Å². The lowest BCUT2D eigenvalue weighted by Crippen LogP contribution is -2.29. The number of pyridine rings is 1. The molecule has 1 aromatic carbocycles. The molecule has 0 atom stereocenters. The van der Waals surface area contributed by atoms with E-state index in [9.17, 15) is 18.0 Å². The van der Waals surface area contributed by atoms with E-state index in [2.05, 4.69) is 15.3 Å². The van der Waals surface area contributed by atoms with E-state index in [0.29, 0.717) is 5.02 Å². The number of hydrogen-bond acceptors (Lipinski definition) is 3. The molecular weight excluding hydrogens is 369 g/mol. The van der Waals surface area contributed by atoms with Crippen molar-refractivity contribution in [2.45, 2.75) is 19.1 Å². The molecule has 9 heteroatoms. The number of alkyl halides is 3. The highest BCUT2D eigenvalue weighted by Crippen LogP contribution is 2.30. The first-order chi connectivity index (χ1) is 12.3. The summed E-state index contributed by atoms with van der Waals surface area (Å²) in [6.07, 6.45) is -3.08. The van der Waals surface area contributed by atoms with E-state index < -0.39 is 12.0 Å². The lowest BCUT2D eigenvalue weighted by molar-refractivity contribution is -0.146. The van der Waals surface area contributed by atoms with Crippen molar-refractivity contribution >= 4 is 28.7 Å². The number of nitrogens with zero attached hydrogens (tertiary/aromatic N) is 3. The van der Waals surface area contributed by atoms with Crippen LogP contribution in [0.25, 0.3) is 11.2 Å². The zero-order valence-electron chi connectivity index (χ0n) is 13.4. The zero-order valence-corrected chi connectivity index (χ0v) is 14.2. The maximum atomic E-state index is 13.2. The Bertz CT molecular complexity index is 922. The number of rotatable bonds is 5. The average Bonchev–Trinajstić information content (AvgIpc) is 2.96. The van der Waals surface area contributed by atoms with Gasteiger partial charge in [-0.05, 0) is 29.8 Å². The summed E-state index contributed by atoms with van der Waals surface area (Å²) in [5, 5.41) is 3.18. The third-order valence-electron chi connectivity index (χ3n) is 3.69. The van der Waals surface area contributed by atoms with E-state index in [-0.39, 0.29) is 36.6 Å². The van der Waals surface area contributed by atoms with Gasteiger partial charge in [-0.15, -0.1) is 0 Å². The molecule has 3 rings (SSSR count). The number of carbonyl (C=O) groups excluding carboxylic acids is 1. The fourth-order valence-electron chi connectivity index (χ4n) is 2.54. The summed E-state index contributed by atoms with van der Waals surface area (Å²) in [4.78, 5) is 19.5. The van der Waals surface area contributed by atoms with Gasteiger partial charge in [0, 0.05) is 24.3 Å². The number of nitrogens with one attached hydrogen (secondary N) is 1. The molecule has 5 nitrogen and oxygen atoms in total. The number of aromatic nitrogens is 3. The number of hydrogen-bond donors (Lipinski definition) is 1. The highest BCUT2D eigenvalue weighted by molar-refractivity contribution is 6.30. The molecule has 0 spiro atoms. The molecule has 0 bridgehead atoms. The molecule has 0 aliphatic rings. The minimum atomic E-state index is -4.60. The minimum absolute atomic E-state index is 0.0253. The second kappa shape index (κ2) is 7.33. The van der Waals surface area contributed by atoms with Crippen molar-refractivity contribution < 1.29 is 18.0 Å². The number of benzene rings is 1. The SMILES string of the molecule is O=C(Cc1ccc(Cl)cc1)NCCn1c(C(F)(F)F)nc2cccnc21. The number of halogens is 4. The first-order valence-electron chi connectivity index (χ1n) is 7.74. The van der Waals surface area contributed by atoms with Crippen LogP contribution in [0.2, 0.25) is 5.02 Å². The predicted molar refractivity (Wildman–Crippen MR) is 90.7 cm³/mol. The highest BCUT2D eigenvalue weighted by atomic mass is 35.5. The van der Waals surface area contributed by atoms with E-state index >= 15 is 0 Å². The van der Waals surface area contributed by atoms with Crippen molar-refractivity contribution in [3.8, 4) is 0 Å². The molecule has 136 valence electrons. The summed E-state index contributed by atoms with van der Waals surface area (Å²) in [6.45, 7) is -0.0632. The second-order valence-corrected chi connectivity index (χ2v) is 6.02. The Kier molecular flexibility index (Phi) is 5.13. The molecule has 3 aromatic rings. The van der Waals surface area contributed by atoms with E-state index in [4.69, 9.17) is 11.6 Å². The Morgan fingerprint density at radius 3 is 2.62 bits per heavy atom. The quantitative estimate of drug-likeness (QED) is 0.735. The van der Waals surface area contributed by atoms with Crippen LogP contribution in [0, 0.1) is 0 Å². The van der Waals surface area contributed by atoms with E-state index in [1.807, 2.05) is 0 Å². The van der Waals surface area contributed by atoms with Crippen molar-refractivity contribution in [2.75, 3.05) is 6.54 Å². The maximum absolute atomic E-state index is 13.2. The Hall–Kier alpha value is -2.61. The predicted octanol–water partition coefficient (Wildman–Crippen LogP) is 3.46. The summed E-state index contributed by atoms with van der Waals surface area (Å²) in [7, 11) is 0. The van der Waals surface area contributed by atoms with Crippen molar-refractivity contribution in [1.29, 1.82) is 0 Å². The van der Waals surface area contributed by atoms with Gasteiger partial charge in [-0.2, -0.15) is 13.2 Å². The first-order valence-corrected chi connectivity index (χ1v) is 8.12. The fourth-order valence-corrected chi connectivity index (χ4v) is 2.67. The van der Waals surface area contributed by atoms with Gasteiger partial charge in [0.05, 0.1) is 6.42 Å². The topological polar surface area (TPSA) is 59.8 Å². The highest BCUT2D eigenvalue weighted by Gasteiger charge is 2.37. The molecule has 0 radical (unpaired) electrons. The molecule has 2 heterocycles. The van der Waals surface area contributed by atoms with Crippen molar-refractivity contribution in [1.82, 2.24) is 19.9 Å². The van der Waals surface area contributed by atoms with Gasteiger partial charge in [-0.1, -0.05) is 23.7 Å². The van der Waals surface area contributed by atoms with Gasteiger partial charge in [0.25, 0.3) is 0 Å². The van der Waals surface area contributed by atoms with Gasteiger partial charge in [0.2, 0.25) is 11.7 Å². The molecule has 0 saturated heterocycles. The van der Waals surface area contributed by atoms with Crippen molar-refractivity contribution in [2.24, 2.45) is 0 Å².